The van der Waals surface area contributed by atoms with Crippen LogP contribution in [0.3, 0.4) is 0 Å². The second kappa shape index (κ2) is 12.5. The molecule has 3 aromatic carbocycles. The maximum absolute atomic E-state index is 4.64. The minimum Gasteiger partial charge on any atom is -0.297 e. The van der Waals surface area contributed by atoms with E-state index in [4.69, 9.17) is 0 Å². The summed E-state index contributed by atoms with van der Waals surface area (Å²) in [5, 5.41) is 13.3. The van der Waals surface area contributed by atoms with Gasteiger partial charge in [0.15, 0.2) is 5.82 Å². The molecule has 6 heteroatoms. The summed E-state index contributed by atoms with van der Waals surface area (Å²) in [5.41, 5.74) is 7.27. The molecule has 0 saturated carbocycles. The van der Waals surface area contributed by atoms with Gasteiger partial charge < -0.3 is 0 Å². The Bertz CT molecular complexity index is 1340. The zero-order valence-electron chi connectivity index (χ0n) is 23.7. The van der Waals surface area contributed by atoms with Gasteiger partial charge in [-0.2, -0.15) is 4.68 Å². The molecule has 1 atom stereocenters. The third-order valence-electron chi connectivity index (χ3n) is 7.57. The van der Waals surface area contributed by atoms with Crippen LogP contribution in [0.15, 0.2) is 78.9 Å². The van der Waals surface area contributed by atoms with E-state index in [9.17, 15) is 0 Å². The Balaban J connectivity index is 1.40. The van der Waals surface area contributed by atoms with Crippen LogP contribution in [-0.2, 0) is 6.42 Å². The van der Waals surface area contributed by atoms with Crippen molar-refractivity contribution in [3.05, 3.63) is 113 Å². The number of para-hydroxylation sites is 1. The summed E-state index contributed by atoms with van der Waals surface area (Å²) >= 11 is 0. The average Bonchev–Trinajstić information content (AvgIpc) is 3.40. The van der Waals surface area contributed by atoms with Gasteiger partial charge in [0.25, 0.3) is 0 Å². The van der Waals surface area contributed by atoms with Crippen molar-refractivity contribution in [2.75, 3.05) is 32.7 Å². The van der Waals surface area contributed by atoms with E-state index in [1.807, 2.05) is 4.68 Å². The molecule has 0 unspecified atom stereocenters. The van der Waals surface area contributed by atoms with Crippen molar-refractivity contribution in [1.82, 2.24) is 30.0 Å². The van der Waals surface area contributed by atoms with E-state index in [0.717, 1.165) is 50.7 Å². The number of hydrogen-bond donors (Lipinski definition) is 0. The molecule has 0 aliphatic carbocycles. The van der Waals surface area contributed by atoms with Crippen LogP contribution in [0.5, 0.6) is 0 Å². The first-order valence-electron chi connectivity index (χ1n) is 14.1. The van der Waals surface area contributed by atoms with Gasteiger partial charge in [0.05, 0.1) is 11.7 Å². The molecule has 5 rings (SSSR count). The summed E-state index contributed by atoms with van der Waals surface area (Å²) in [4.78, 5) is 5.07. The van der Waals surface area contributed by atoms with Crippen LogP contribution >= 0.6 is 0 Å². The second-order valence-electron chi connectivity index (χ2n) is 11.1. The lowest BCUT2D eigenvalue weighted by molar-refractivity contribution is 0.113. The minimum absolute atomic E-state index is 0.0193. The molecule has 0 bridgehead atoms. The highest BCUT2D eigenvalue weighted by Crippen LogP contribution is 2.31. The van der Waals surface area contributed by atoms with Crippen molar-refractivity contribution in [2.24, 2.45) is 5.92 Å². The summed E-state index contributed by atoms with van der Waals surface area (Å²) in [6.07, 6.45) is 5.57. The number of aromatic nitrogens is 4. The molecule has 0 radical (unpaired) electrons. The van der Waals surface area contributed by atoms with E-state index >= 15 is 0 Å². The molecule has 6 nitrogen and oxygen atoms in total. The Labute approximate surface area is 233 Å². The normalized spacial score (nSPS) is 15.8. The number of nitrogens with zero attached hydrogens (tertiary/aromatic N) is 6. The summed E-state index contributed by atoms with van der Waals surface area (Å²) < 4.78 is 1.96. The fourth-order valence-corrected chi connectivity index (χ4v) is 5.60. The van der Waals surface area contributed by atoms with Crippen molar-refractivity contribution >= 4 is 6.08 Å². The van der Waals surface area contributed by atoms with Crippen LogP contribution in [0.4, 0.5) is 0 Å². The number of hydrogen-bond acceptors (Lipinski definition) is 5. The van der Waals surface area contributed by atoms with E-state index in [2.05, 4.69) is 138 Å². The molecule has 0 N–H and O–H groups in total. The molecule has 39 heavy (non-hydrogen) atoms. The predicted molar refractivity (Wildman–Crippen MR) is 159 cm³/mol. The zero-order valence-corrected chi connectivity index (χ0v) is 23.7. The van der Waals surface area contributed by atoms with Crippen molar-refractivity contribution in [2.45, 2.75) is 40.2 Å². The maximum atomic E-state index is 4.64. The minimum atomic E-state index is -0.0193. The SMILES string of the molecule is Cc1cccc(C)c1-n1nnnc1[C@@H](c1ccc(CC(C)C)cc1)N1CCN(CC=Cc2ccccc2)CC1. The van der Waals surface area contributed by atoms with Gasteiger partial charge in [0.1, 0.15) is 0 Å². The molecule has 0 amide bonds. The van der Waals surface area contributed by atoms with Crippen molar-refractivity contribution in [3.8, 4) is 5.69 Å². The molecular formula is C33H40N6. The van der Waals surface area contributed by atoms with Crippen molar-refractivity contribution in [3.63, 3.8) is 0 Å². The smallest absolute Gasteiger partial charge is 0.178 e. The molecule has 1 saturated heterocycles. The lowest BCUT2D eigenvalue weighted by atomic mass is 9.97. The van der Waals surface area contributed by atoms with Crippen molar-refractivity contribution < 1.29 is 0 Å². The van der Waals surface area contributed by atoms with Crippen LogP contribution < -0.4 is 0 Å². The number of piperazine rings is 1. The molecule has 1 aliphatic heterocycles. The van der Waals surface area contributed by atoms with Gasteiger partial charge in [-0.3, -0.25) is 9.80 Å². The number of benzene rings is 3. The fourth-order valence-electron chi connectivity index (χ4n) is 5.60. The standard InChI is InChI=1S/C33H40N6/c1-25(2)24-29-15-17-30(18-16-29)32(33-34-35-36-39(33)31-26(3)10-8-11-27(31)4)38-22-20-37(21-23-38)19-9-14-28-12-6-5-7-13-28/h5-18,25,32H,19-24H2,1-4H3/t32-/m1/s1. The quantitative estimate of drug-likeness (QED) is 0.275. The van der Waals surface area contributed by atoms with Crippen LogP contribution in [-0.4, -0.2) is 62.7 Å². The highest BCUT2D eigenvalue weighted by Gasteiger charge is 2.31. The van der Waals surface area contributed by atoms with E-state index in [0.29, 0.717) is 5.92 Å². The summed E-state index contributed by atoms with van der Waals surface area (Å²) in [5.74, 6) is 1.51. The highest BCUT2D eigenvalue weighted by molar-refractivity contribution is 5.49. The first-order chi connectivity index (χ1) is 19.0. The van der Waals surface area contributed by atoms with E-state index in [-0.39, 0.29) is 6.04 Å². The number of rotatable bonds is 9. The number of tetrazole rings is 1. The van der Waals surface area contributed by atoms with E-state index in [1.165, 1.54) is 27.8 Å². The van der Waals surface area contributed by atoms with Gasteiger partial charge >= 0.3 is 0 Å². The monoisotopic (exact) mass is 520 g/mol. The molecular weight excluding hydrogens is 480 g/mol. The molecule has 0 spiro atoms. The molecule has 2 heterocycles. The lowest BCUT2D eigenvalue weighted by Gasteiger charge is -2.38. The maximum Gasteiger partial charge on any atom is 0.178 e. The average molecular weight is 521 g/mol. The largest absolute Gasteiger partial charge is 0.297 e. The van der Waals surface area contributed by atoms with Gasteiger partial charge in [0, 0.05) is 32.7 Å². The summed E-state index contributed by atoms with van der Waals surface area (Å²) in [6.45, 7) is 13.7. The third-order valence-corrected chi connectivity index (χ3v) is 7.57. The number of aryl methyl sites for hydroxylation is 2. The van der Waals surface area contributed by atoms with Gasteiger partial charge in [-0.05, 0) is 64.4 Å². The van der Waals surface area contributed by atoms with Gasteiger partial charge in [-0.1, -0.05) is 98.8 Å². The Hall–Kier alpha value is -3.61. The topological polar surface area (TPSA) is 50.1 Å². The first-order valence-corrected chi connectivity index (χ1v) is 14.1. The van der Waals surface area contributed by atoms with Crippen molar-refractivity contribution in [1.29, 1.82) is 0 Å². The van der Waals surface area contributed by atoms with E-state index in [1.54, 1.807) is 0 Å². The lowest BCUT2D eigenvalue weighted by Crippen LogP contribution is -2.48. The third kappa shape index (κ3) is 6.52. The second-order valence-corrected chi connectivity index (χ2v) is 11.1. The van der Waals surface area contributed by atoms with Gasteiger partial charge in [-0.25, -0.2) is 0 Å². The summed E-state index contributed by atoms with van der Waals surface area (Å²) in [6, 6.07) is 26.0. The Morgan fingerprint density at radius 2 is 1.51 bits per heavy atom. The summed E-state index contributed by atoms with van der Waals surface area (Å²) in [7, 11) is 0. The first kappa shape index (κ1) is 27.0. The van der Waals surface area contributed by atoms with E-state index < -0.39 is 0 Å². The Morgan fingerprint density at radius 1 is 0.821 bits per heavy atom. The Kier molecular flexibility index (Phi) is 8.64. The molecule has 1 fully saturated rings. The van der Waals surface area contributed by atoms with Crippen LogP contribution in [0.1, 0.15) is 53.5 Å². The van der Waals surface area contributed by atoms with Crippen LogP contribution in [0, 0.1) is 19.8 Å². The zero-order chi connectivity index (χ0) is 27.2. The predicted octanol–water partition coefficient (Wildman–Crippen LogP) is 5.90. The molecule has 1 aliphatic rings. The highest BCUT2D eigenvalue weighted by atomic mass is 15.6. The fraction of sp³-hybridized carbons (Fsp3) is 0.364. The van der Waals surface area contributed by atoms with Gasteiger partial charge in [-0.15, -0.1) is 5.10 Å². The molecule has 202 valence electrons. The molecule has 4 aromatic rings. The Morgan fingerprint density at radius 3 is 2.18 bits per heavy atom. The van der Waals surface area contributed by atoms with Gasteiger partial charge in [0.2, 0.25) is 0 Å². The van der Waals surface area contributed by atoms with Crippen LogP contribution in [0.2, 0.25) is 0 Å². The molecule has 1 aromatic heterocycles. The van der Waals surface area contributed by atoms with Crippen LogP contribution in [0.25, 0.3) is 11.8 Å².